The fraction of sp³-hybridized carbons (Fsp3) is 0.167. The SMILES string of the molecule is Cc1cc(F)c(C(Br)c2ccoc2Br)cc1F. The summed E-state index contributed by atoms with van der Waals surface area (Å²) in [5, 5.41) is 0. The molecule has 2 rings (SSSR count). The van der Waals surface area contributed by atoms with E-state index in [2.05, 4.69) is 31.9 Å². The van der Waals surface area contributed by atoms with Crippen LogP contribution in [0.3, 0.4) is 0 Å². The van der Waals surface area contributed by atoms with E-state index in [0.717, 1.165) is 0 Å². The first-order valence-electron chi connectivity index (χ1n) is 4.83. The topological polar surface area (TPSA) is 13.1 Å². The smallest absolute Gasteiger partial charge is 0.173 e. The van der Waals surface area contributed by atoms with Gasteiger partial charge in [0.1, 0.15) is 11.6 Å². The number of alkyl halides is 1. The number of furan rings is 1. The van der Waals surface area contributed by atoms with Crippen LogP contribution < -0.4 is 0 Å². The highest BCUT2D eigenvalue weighted by Crippen LogP contribution is 2.37. The zero-order chi connectivity index (χ0) is 12.6. The van der Waals surface area contributed by atoms with Gasteiger partial charge < -0.3 is 4.42 Å². The zero-order valence-electron chi connectivity index (χ0n) is 8.81. The van der Waals surface area contributed by atoms with Crippen LogP contribution in [-0.2, 0) is 0 Å². The van der Waals surface area contributed by atoms with Crippen molar-refractivity contribution in [3.8, 4) is 0 Å². The van der Waals surface area contributed by atoms with Crippen LogP contribution in [0.15, 0.2) is 33.5 Å². The van der Waals surface area contributed by atoms with Crippen molar-refractivity contribution in [2.75, 3.05) is 0 Å². The molecular weight excluding hydrogens is 358 g/mol. The molecule has 0 bridgehead atoms. The maximum Gasteiger partial charge on any atom is 0.173 e. The molecule has 1 nitrogen and oxygen atoms in total. The van der Waals surface area contributed by atoms with Crippen molar-refractivity contribution in [3.63, 3.8) is 0 Å². The minimum atomic E-state index is -0.453. The quantitative estimate of drug-likeness (QED) is 0.674. The summed E-state index contributed by atoms with van der Waals surface area (Å²) in [6, 6.07) is 4.08. The first kappa shape index (κ1) is 12.8. The van der Waals surface area contributed by atoms with E-state index in [9.17, 15) is 8.78 Å². The average molecular weight is 366 g/mol. The van der Waals surface area contributed by atoms with Crippen LogP contribution >= 0.6 is 31.9 Å². The van der Waals surface area contributed by atoms with E-state index in [1.165, 1.54) is 25.3 Å². The Labute approximate surface area is 114 Å². The number of benzene rings is 1. The number of aryl methyl sites for hydroxylation is 1. The Hall–Kier alpha value is -0.680. The second-order valence-corrected chi connectivity index (χ2v) is 5.27. The van der Waals surface area contributed by atoms with Crippen molar-refractivity contribution in [1.29, 1.82) is 0 Å². The van der Waals surface area contributed by atoms with Crippen molar-refractivity contribution >= 4 is 31.9 Å². The Morgan fingerprint density at radius 3 is 2.47 bits per heavy atom. The number of hydrogen-bond donors (Lipinski definition) is 0. The van der Waals surface area contributed by atoms with Gasteiger partial charge in [-0.3, -0.25) is 0 Å². The molecule has 0 saturated carbocycles. The normalized spacial score (nSPS) is 12.8. The van der Waals surface area contributed by atoms with Gasteiger partial charge in [-0.25, -0.2) is 8.78 Å². The van der Waals surface area contributed by atoms with Gasteiger partial charge >= 0.3 is 0 Å². The van der Waals surface area contributed by atoms with E-state index < -0.39 is 16.5 Å². The summed E-state index contributed by atoms with van der Waals surface area (Å²) in [4.78, 5) is -0.453. The van der Waals surface area contributed by atoms with E-state index in [4.69, 9.17) is 4.42 Å². The molecule has 1 aromatic carbocycles. The summed E-state index contributed by atoms with van der Waals surface area (Å²) >= 11 is 6.55. The van der Waals surface area contributed by atoms with Crippen molar-refractivity contribution in [1.82, 2.24) is 0 Å². The van der Waals surface area contributed by atoms with Crippen molar-refractivity contribution < 1.29 is 13.2 Å². The molecule has 0 radical (unpaired) electrons. The summed E-state index contributed by atoms with van der Waals surface area (Å²) < 4.78 is 32.8. The molecule has 1 unspecified atom stereocenters. The third-order valence-corrected chi connectivity index (χ3v) is 4.10. The first-order valence-corrected chi connectivity index (χ1v) is 6.54. The second-order valence-electron chi connectivity index (χ2n) is 3.64. The molecule has 2 aromatic rings. The van der Waals surface area contributed by atoms with Crippen molar-refractivity contribution in [3.05, 3.63) is 57.5 Å². The Morgan fingerprint density at radius 2 is 1.88 bits per heavy atom. The monoisotopic (exact) mass is 364 g/mol. The molecular formula is C12H8Br2F2O. The lowest BCUT2D eigenvalue weighted by atomic mass is 10.0. The van der Waals surface area contributed by atoms with Gasteiger partial charge in [0.15, 0.2) is 4.67 Å². The highest BCUT2D eigenvalue weighted by atomic mass is 79.9. The Morgan fingerprint density at radius 1 is 1.18 bits per heavy atom. The maximum absolute atomic E-state index is 13.8. The van der Waals surface area contributed by atoms with Crippen LogP contribution in [0.4, 0.5) is 8.78 Å². The Balaban J connectivity index is 2.48. The van der Waals surface area contributed by atoms with Crippen LogP contribution in [-0.4, -0.2) is 0 Å². The van der Waals surface area contributed by atoms with Crippen LogP contribution in [0.5, 0.6) is 0 Å². The van der Waals surface area contributed by atoms with Crippen LogP contribution in [0.25, 0.3) is 0 Å². The molecule has 0 spiro atoms. The first-order chi connectivity index (χ1) is 8.00. The molecule has 90 valence electrons. The maximum atomic E-state index is 13.8. The average Bonchev–Trinajstić information content (AvgIpc) is 2.69. The van der Waals surface area contributed by atoms with E-state index in [1.807, 2.05) is 0 Å². The predicted octanol–water partition coefficient (Wildman–Crippen LogP) is 5.11. The number of hydrogen-bond acceptors (Lipinski definition) is 1. The zero-order valence-corrected chi connectivity index (χ0v) is 12.0. The third kappa shape index (κ3) is 2.45. The summed E-state index contributed by atoms with van der Waals surface area (Å²) in [6.07, 6.45) is 1.48. The Bertz CT molecular complexity index is 551. The van der Waals surface area contributed by atoms with Crippen LogP contribution in [0.1, 0.15) is 21.5 Å². The minimum absolute atomic E-state index is 0.246. The molecule has 5 heteroatoms. The summed E-state index contributed by atoms with van der Waals surface area (Å²) in [6.45, 7) is 1.53. The largest absolute Gasteiger partial charge is 0.457 e. The number of rotatable bonds is 2. The van der Waals surface area contributed by atoms with E-state index in [0.29, 0.717) is 10.2 Å². The molecule has 17 heavy (non-hydrogen) atoms. The minimum Gasteiger partial charge on any atom is -0.457 e. The fourth-order valence-corrected chi connectivity index (χ4v) is 3.00. The molecule has 0 N–H and O–H groups in total. The molecule has 1 heterocycles. The highest BCUT2D eigenvalue weighted by Gasteiger charge is 2.20. The lowest BCUT2D eigenvalue weighted by Gasteiger charge is -2.11. The molecule has 0 aliphatic rings. The molecule has 0 saturated heterocycles. The molecule has 0 aliphatic heterocycles. The van der Waals surface area contributed by atoms with Gasteiger partial charge in [0, 0.05) is 11.1 Å². The van der Waals surface area contributed by atoms with Gasteiger partial charge in [-0.2, -0.15) is 0 Å². The van der Waals surface area contributed by atoms with Gasteiger partial charge in [-0.15, -0.1) is 0 Å². The van der Waals surface area contributed by atoms with E-state index in [1.54, 1.807) is 6.07 Å². The molecule has 1 atom stereocenters. The van der Waals surface area contributed by atoms with Crippen LogP contribution in [0.2, 0.25) is 0 Å². The molecule has 1 aromatic heterocycles. The molecule has 0 fully saturated rings. The van der Waals surface area contributed by atoms with Gasteiger partial charge in [-0.05, 0) is 46.6 Å². The van der Waals surface area contributed by atoms with Gasteiger partial charge in [0.2, 0.25) is 0 Å². The lowest BCUT2D eigenvalue weighted by Crippen LogP contribution is -1.99. The Kier molecular flexibility index (Phi) is 3.68. The summed E-state index contributed by atoms with van der Waals surface area (Å²) in [7, 11) is 0. The third-order valence-electron chi connectivity index (χ3n) is 2.47. The second kappa shape index (κ2) is 4.90. The fourth-order valence-electron chi connectivity index (χ4n) is 1.51. The van der Waals surface area contributed by atoms with Crippen molar-refractivity contribution in [2.45, 2.75) is 11.8 Å². The lowest BCUT2D eigenvalue weighted by molar-refractivity contribution is 0.536. The molecule has 0 aliphatic carbocycles. The van der Waals surface area contributed by atoms with Gasteiger partial charge in [0.25, 0.3) is 0 Å². The standard InChI is InChI=1S/C12H8Br2F2O/c1-6-4-10(16)8(5-9(6)15)11(13)7-2-3-17-12(7)14/h2-5,11H,1H3. The molecule has 0 amide bonds. The summed E-state index contributed by atoms with van der Waals surface area (Å²) in [5.74, 6) is -0.871. The van der Waals surface area contributed by atoms with Crippen LogP contribution in [0, 0.1) is 18.6 Å². The number of halogens is 4. The van der Waals surface area contributed by atoms with Gasteiger partial charge in [0.05, 0.1) is 11.1 Å². The van der Waals surface area contributed by atoms with E-state index >= 15 is 0 Å². The van der Waals surface area contributed by atoms with Crippen molar-refractivity contribution in [2.24, 2.45) is 0 Å². The summed E-state index contributed by atoms with van der Waals surface area (Å²) in [5.41, 5.74) is 1.25. The predicted molar refractivity (Wildman–Crippen MR) is 68.3 cm³/mol. The highest BCUT2D eigenvalue weighted by molar-refractivity contribution is 9.10. The van der Waals surface area contributed by atoms with E-state index in [-0.39, 0.29) is 11.1 Å². The van der Waals surface area contributed by atoms with Gasteiger partial charge in [-0.1, -0.05) is 15.9 Å².